The molecule has 0 spiro atoms. The molecule has 0 bridgehead atoms. The lowest BCUT2D eigenvalue weighted by atomic mass is 10.2. The number of hydrogen-bond acceptors (Lipinski definition) is 5. The van der Waals surface area contributed by atoms with Gasteiger partial charge in [-0.15, -0.1) is 21.5 Å². The zero-order valence-electron chi connectivity index (χ0n) is 15.1. The standard InChI is InChI=1S/C19H22N4OS2/c1-4-22(15-10-7-6-8-11-15)18(24)14(3)26-19-21-20-17(23(19)5-2)16-12-9-13-25-16/h6-14H,4-5H2,1-3H3. The van der Waals surface area contributed by atoms with Gasteiger partial charge in [-0.1, -0.05) is 36.0 Å². The summed E-state index contributed by atoms with van der Waals surface area (Å²) in [6.45, 7) is 7.39. The molecule has 0 aliphatic carbocycles. The van der Waals surface area contributed by atoms with Crippen molar-refractivity contribution in [1.82, 2.24) is 14.8 Å². The monoisotopic (exact) mass is 386 g/mol. The van der Waals surface area contributed by atoms with Crippen LogP contribution in [0.5, 0.6) is 0 Å². The van der Waals surface area contributed by atoms with E-state index in [0.717, 1.165) is 28.1 Å². The molecule has 1 amide bonds. The van der Waals surface area contributed by atoms with Crippen molar-refractivity contribution in [3.8, 4) is 10.7 Å². The number of thiophene rings is 1. The third-order valence-electron chi connectivity index (χ3n) is 4.05. The highest BCUT2D eigenvalue weighted by atomic mass is 32.2. The molecule has 0 radical (unpaired) electrons. The predicted molar refractivity (Wildman–Crippen MR) is 109 cm³/mol. The summed E-state index contributed by atoms with van der Waals surface area (Å²) in [6, 6.07) is 13.8. The Bertz CT molecular complexity index is 846. The minimum atomic E-state index is -0.249. The molecular formula is C19H22N4OS2. The van der Waals surface area contributed by atoms with E-state index >= 15 is 0 Å². The Balaban J connectivity index is 1.79. The van der Waals surface area contributed by atoms with Crippen LogP contribution in [0, 0.1) is 0 Å². The van der Waals surface area contributed by atoms with Crippen molar-refractivity contribution in [3.05, 3.63) is 47.8 Å². The van der Waals surface area contributed by atoms with Gasteiger partial charge in [-0.05, 0) is 44.4 Å². The molecule has 0 aliphatic rings. The number of carbonyl (C=O) groups is 1. The number of thioether (sulfide) groups is 1. The second-order valence-corrected chi connectivity index (χ2v) is 7.96. The van der Waals surface area contributed by atoms with E-state index < -0.39 is 0 Å². The van der Waals surface area contributed by atoms with Crippen LogP contribution in [0.25, 0.3) is 10.7 Å². The molecule has 5 nitrogen and oxygen atoms in total. The average Bonchev–Trinajstić information content (AvgIpc) is 3.32. The molecular weight excluding hydrogens is 364 g/mol. The zero-order chi connectivity index (χ0) is 18.5. The van der Waals surface area contributed by atoms with Gasteiger partial charge in [0.1, 0.15) is 0 Å². The Hall–Kier alpha value is -2.12. The van der Waals surface area contributed by atoms with E-state index in [1.165, 1.54) is 11.8 Å². The van der Waals surface area contributed by atoms with Crippen molar-refractivity contribution in [2.24, 2.45) is 0 Å². The Morgan fingerprint density at radius 3 is 2.58 bits per heavy atom. The van der Waals surface area contributed by atoms with E-state index in [4.69, 9.17) is 0 Å². The van der Waals surface area contributed by atoms with E-state index in [2.05, 4.69) is 21.7 Å². The summed E-state index contributed by atoms with van der Waals surface area (Å²) in [5.74, 6) is 0.937. The van der Waals surface area contributed by atoms with Crippen LogP contribution in [0.1, 0.15) is 20.8 Å². The van der Waals surface area contributed by atoms with Gasteiger partial charge in [-0.25, -0.2) is 0 Å². The summed E-state index contributed by atoms with van der Waals surface area (Å²) in [4.78, 5) is 15.9. The SMILES string of the molecule is CCN(C(=O)C(C)Sc1nnc(-c2cccs2)n1CC)c1ccccc1. The van der Waals surface area contributed by atoms with E-state index in [1.54, 1.807) is 11.3 Å². The molecule has 7 heteroatoms. The van der Waals surface area contributed by atoms with Crippen LogP contribution < -0.4 is 4.90 Å². The van der Waals surface area contributed by atoms with Gasteiger partial charge < -0.3 is 9.47 Å². The van der Waals surface area contributed by atoms with Crippen LogP contribution in [0.3, 0.4) is 0 Å². The van der Waals surface area contributed by atoms with E-state index in [9.17, 15) is 4.79 Å². The van der Waals surface area contributed by atoms with Crippen molar-refractivity contribution in [2.45, 2.75) is 37.7 Å². The summed E-state index contributed by atoms with van der Waals surface area (Å²) >= 11 is 3.10. The highest BCUT2D eigenvalue weighted by molar-refractivity contribution is 8.00. The number of aromatic nitrogens is 3. The smallest absolute Gasteiger partial charge is 0.240 e. The van der Waals surface area contributed by atoms with Crippen molar-refractivity contribution in [1.29, 1.82) is 0 Å². The van der Waals surface area contributed by atoms with Gasteiger partial charge in [0.05, 0.1) is 10.1 Å². The van der Waals surface area contributed by atoms with Gasteiger partial charge in [0.25, 0.3) is 0 Å². The molecule has 1 unspecified atom stereocenters. The molecule has 2 aromatic heterocycles. The van der Waals surface area contributed by atoms with Crippen LogP contribution >= 0.6 is 23.1 Å². The molecule has 0 N–H and O–H groups in total. The molecule has 0 saturated heterocycles. The first-order valence-corrected chi connectivity index (χ1v) is 10.4. The molecule has 2 heterocycles. The third kappa shape index (κ3) is 3.83. The second kappa shape index (κ2) is 8.51. The molecule has 136 valence electrons. The van der Waals surface area contributed by atoms with Crippen LogP contribution in [-0.2, 0) is 11.3 Å². The number of rotatable bonds is 7. The maximum absolute atomic E-state index is 13.0. The van der Waals surface area contributed by atoms with Gasteiger partial charge in [-0.3, -0.25) is 4.79 Å². The Kier molecular flexibility index (Phi) is 6.11. The number of hydrogen-bond donors (Lipinski definition) is 0. The summed E-state index contributed by atoms with van der Waals surface area (Å²) < 4.78 is 2.07. The quantitative estimate of drug-likeness (QED) is 0.559. The number of benzene rings is 1. The molecule has 0 saturated carbocycles. The first-order chi connectivity index (χ1) is 12.7. The number of anilines is 1. The van der Waals surface area contributed by atoms with E-state index in [0.29, 0.717) is 6.54 Å². The molecule has 0 aliphatic heterocycles. The molecule has 3 rings (SSSR count). The van der Waals surface area contributed by atoms with E-state index in [1.807, 2.05) is 66.6 Å². The Morgan fingerprint density at radius 1 is 1.19 bits per heavy atom. The molecule has 0 fully saturated rings. The highest BCUT2D eigenvalue weighted by Gasteiger charge is 2.24. The highest BCUT2D eigenvalue weighted by Crippen LogP contribution is 2.30. The lowest BCUT2D eigenvalue weighted by Gasteiger charge is -2.24. The predicted octanol–water partition coefficient (Wildman–Crippen LogP) is 4.56. The number of amides is 1. The Labute approximate surface area is 162 Å². The minimum Gasteiger partial charge on any atom is -0.312 e. The first kappa shape index (κ1) is 18.7. The molecule has 1 atom stereocenters. The molecule has 3 aromatic rings. The van der Waals surface area contributed by atoms with E-state index in [-0.39, 0.29) is 11.2 Å². The van der Waals surface area contributed by atoms with Crippen LogP contribution in [0.2, 0.25) is 0 Å². The fourth-order valence-corrected chi connectivity index (χ4v) is 4.44. The second-order valence-electron chi connectivity index (χ2n) is 5.71. The topological polar surface area (TPSA) is 51.0 Å². The zero-order valence-corrected chi connectivity index (χ0v) is 16.8. The summed E-state index contributed by atoms with van der Waals surface area (Å²) in [5, 5.41) is 11.2. The first-order valence-electron chi connectivity index (χ1n) is 8.65. The number of para-hydroxylation sites is 1. The van der Waals surface area contributed by atoms with Crippen molar-refractivity contribution < 1.29 is 4.79 Å². The summed E-state index contributed by atoms with van der Waals surface area (Å²) in [5.41, 5.74) is 0.920. The van der Waals surface area contributed by atoms with Gasteiger partial charge in [0, 0.05) is 18.8 Å². The van der Waals surface area contributed by atoms with Crippen LogP contribution in [0.4, 0.5) is 5.69 Å². The fraction of sp³-hybridized carbons (Fsp3) is 0.316. The Morgan fingerprint density at radius 2 is 1.96 bits per heavy atom. The lowest BCUT2D eigenvalue weighted by molar-refractivity contribution is -0.117. The van der Waals surface area contributed by atoms with Gasteiger partial charge in [0.15, 0.2) is 11.0 Å². The fourth-order valence-electron chi connectivity index (χ4n) is 2.75. The maximum Gasteiger partial charge on any atom is 0.240 e. The van der Waals surface area contributed by atoms with Gasteiger partial charge in [0.2, 0.25) is 5.91 Å². The third-order valence-corrected chi connectivity index (χ3v) is 5.99. The lowest BCUT2D eigenvalue weighted by Crippen LogP contribution is -2.36. The van der Waals surface area contributed by atoms with Gasteiger partial charge >= 0.3 is 0 Å². The normalized spacial score (nSPS) is 12.1. The van der Waals surface area contributed by atoms with Crippen molar-refractivity contribution >= 4 is 34.7 Å². The minimum absolute atomic E-state index is 0.0760. The van der Waals surface area contributed by atoms with Crippen LogP contribution in [0.15, 0.2) is 53.0 Å². The molecule has 26 heavy (non-hydrogen) atoms. The van der Waals surface area contributed by atoms with Crippen LogP contribution in [-0.4, -0.2) is 32.5 Å². The molecule has 1 aromatic carbocycles. The summed E-state index contributed by atoms with van der Waals surface area (Å²) in [6.07, 6.45) is 0. The number of carbonyl (C=O) groups excluding carboxylic acids is 1. The van der Waals surface area contributed by atoms with Crippen molar-refractivity contribution in [3.63, 3.8) is 0 Å². The maximum atomic E-state index is 13.0. The largest absolute Gasteiger partial charge is 0.312 e. The average molecular weight is 387 g/mol. The number of nitrogens with zero attached hydrogens (tertiary/aromatic N) is 4. The van der Waals surface area contributed by atoms with Crippen molar-refractivity contribution in [2.75, 3.05) is 11.4 Å². The summed E-state index contributed by atoms with van der Waals surface area (Å²) in [7, 11) is 0. The van der Waals surface area contributed by atoms with Gasteiger partial charge in [-0.2, -0.15) is 0 Å².